The summed E-state index contributed by atoms with van der Waals surface area (Å²) >= 11 is 5.40. The predicted octanol–water partition coefficient (Wildman–Crippen LogP) is 1.92. The van der Waals surface area contributed by atoms with Gasteiger partial charge in [-0.1, -0.05) is 6.07 Å². The molecule has 17 heavy (non-hydrogen) atoms. The van der Waals surface area contributed by atoms with Gasteiger partial charge >= 0.3 is 0 Å². The van der Waals surface area contributed by atoms with Crippen LogP contribution in [0.4, 0.5) is 0 Å². The van der Waals surface area contributed by atoms with Crippen LogP contribution in [0, 0.1) is 6.92 Å². The van der Waals surface area contributed by atoms with Crippen molar-refractivity contribution in [3.8, 4) is 0 Å². The van der Waals surface area contributed by atoms with Crippen LogP contribution in [-0.4, -0.2) is 21.2 Å². The van der Waals surface area contributed by atoms with E-state index in [1.165, 1.54) is 0 Å². The molecule has 2 heterocycles. The second-order valence-electron chi connectivity index (χ2n) is 3.47. The van der Waals surface area contributed by atoms with Crippen molar-refractivity contribution >= 4 is 35.4 Å². The van der Waals surface area contributed by atoms with Crippen molar-refractivity contribution in [1.29, 1.82) is 0 Å². The van der Waals surface area contributed by atoms with E-state index in [0.717, 1.165) is 17.0 Å². The van der Waals surface area contributed by atoms with Gasteiger partial charge in [-0.3, -0.25) is 4.79 Å². The van der Waals surface area contributed by atoms with Crippen LogP contribution in [0.2, 0.25) is 0 Å². The number of carbonyl (C=O) groups excluding carboxylic acids is 1. The maximum absolute atomic E-state index is 11.1. The Balaban J connectivity index is 0.00000144. The summed E-state index contributed by atoms with van der Waals surface area (Å²) in [6.45, 7) is 2.34. The lowest BCUT2D eigenvalue weighted by Gasteiger charge is -2.00. The Morgan fingerprint density at radius 3 is 3.00 bits per heavy atom. The second kappa shape index (κ2) is 5.89. The van der Waals surface area contributed by atoms with Crippen LogP contribution in [-0.2, 0) is 11.3 Å². The predicted molar refractivity (Wildman–Crippen MR) is 69.7 cm³/mol. The van der Waals surface area contributed by atoms with Gasteiger partial charge in [-0.15, -0.1) is 24.0 Å². The first-order valence-electron chi connectivity index (χ1n) is 4.97. The van der Waals surface area contributed by atoms with Crippen molar-refractivity contribution in [2.45, 2.75) is 13.5 Å². The van der Waals surface area contributed by atoms with Crippen LogP contribution in [0.25, 0.3) is 5.52 Å². The summed E-state index contributed by atoms with van der Waals surface area (Å²) in [6, 6.07) is 5.87. The highest BCUT2D eigenvalue weighted by Gasteiger charge is 2.07. The monoisotopic (exact) mass is 273 g/mol. The normalized spacial score (nSPS) is 10.0. The topological polar surface area (TPSA) is 46.4 Å². The largest absolute Gasteiger partial charge is 0.349 e. The number of alkyl halides is 1. The summed E-state index contributed by atoms with van der Waals surface area (Å²) in [7, 11) is 0. The van der Waals surface area contributed by atoms with E-state index in [2.05, 4.69) is 10.3 Å². The van der Waals surface area contributed by atoms with E-state index in [1.807, 2.05) is 35.7 Å². The lowest BCUT2D eigenvalue weighted by molar-refractivity contribution is -0.118. The number of fused-ring (bicyclic) bond motifs is 1. The van der Waals surface area contributed by atoms with Crippen LogP contribution >= 0.6 is 24.0 Å². The van der Waals surface area contributed by atoms with Crippen LogP contribution < -0.4 is 5.32 Å². The average Bonchev–Trinajstić information content (AvgIpc) is 2.64. The molecule has 0 fully saturated rings. The first-order valence-corrected chi connectivity index (χ1v) is 5.51. The van der Waals surface area contributed by atoms with Gasteiger partial charge in [0, 0.05) is 6.20 Å². The number of aromatic nitrogens is 2. The van der Waals surface area contributed by atoms with Gasteiger partial charge < -0.3 is 9.72 Å². The fourth-order valence-corrected chi connectivity index (χ4v) is 1.72. The minimum Gasteiger partial charge on any atom is -0.349 e. The maximum atomic E-state index is 11.1. The summed E-state index contributed by atoms with van der Waals surface area (Å²) in [5, 5.41) is 2.71. The Labute approximate surface area is 110 Å². The molecule has 0 unspecified atom stereocenters. The number of hydrogen-bond donors (Lipinski definition) is 1. The Kier molecular flexibility index (Phi) is 4.78. The number of nitrogens with one attached hydrogen (secondary N) is 1. The fraction of sp³-hybridized carbons (Fsp3) is 0.273. The average molecular weight is 274 g/mol. The molecule has 0 saturated carbocycles. The van der Waals surface area contributed by atoms with E-state index < -0.39 is 0 Å². The molecule has 2 aromatic rings. The first-order chi connectivity index (χ1) is 7.72. The zero-order valence-corrected chi connectivity index (χ0v) is 10.9. The van der Waals surface area contributed by atoms with E-state index in [1.54, 1.807) is 0 Å². The highest BCUT2D eigenvalue weighted by atomic mass is 35.5. The second-order valence-corrected chi connectivity index (χ2v) is 3.74. The van der Waals surface area contributed by atoms with Gasteiger partial charge in [0.15, 0.2) is 0 Å². The summed E-state index contributed by atoms with van der Waals surface area (Å²) in [6.07, 6.45) is 1.95. The maximum Gasteiger partial charge on any atom is 0.235 e. The standard InChI is InChI=1S/C11H12ClN3O.ClH/c1-8-14-9(7-13-11(16)6-12)10-4-2-3-5-15(8)10;/h2-5H,6-7H2,1H3,(H,13,16);1H. The molecular formula is C11H13Cl2N3O. The zero-order valence-electron chi connectivity index (χ0n) is 9.31. The Hall–Kier alpha value is -1.26. The molecule has 0 aliphatic carbocycles. The van der Waals surface area contributed by atoms with Crippen LogP contribution in [0.5, 0.6) is 0 Å². The van der Waals surface area contributed by atoms with Crippen LogP contribution in [0.15, 0.2) is 24.4 Å². The minimum absolute atomic E-state index is 0. The van der Waals surface area contributed by atoms with Gasteiger partial charge in [0.25, 0.3) is 0 Å². The van der Waals surface area contributed by atoms with E-state index in [9.17, 15) is 4.79 Å². The number of amides is 1. The van der Waals surface area contributed by atoms with Crippen molar-refractivity contribution in [1.82, 2.24) is 14.7 Å². The number of carbonyl (C=O) groups is 1. The molecule has 0 atom stereocenters. The van der Waals surface area contributed by atoms with Gasteiger partial charge in [0.1, 0.15) is 11.7 Å². The van der Waals surface area contributed by atoms with Gasteiger partial charge in [-0.05, 0) is 19.1 Å². The number of pyridine rings is 1. The van der Waals surface area contributed by atoms with Crippen molar-refractivity contribution in [2.24, 2.45) is 0 Å². The summed E-state index contributed by atoms with van der Waals surface area (Å²) in [5.74, 6) is 0.701. The van der Waals surface area contributed by atoms with E-state index in [4.69, 9.17) is 11.6 Å². The minimum atomic E-state index is -0.184. The molecule has 0 aromatic carbocycles. The molecule has 6 heteroatoms. The molecule has 0 bridgehead atoms. The molecule has 1 N–H and O–H groups in total. The lowest BCUT2D eigenvalue weighted by Crippen LogP contribution is -2.23. The Bertz CT molecular complexity index is 524. The molecule has 0 aliphatic rings. The third-order valence-electron chi connectivity index (χ3n) is 2.38. The summed E-state index contributed by atoms with van der Waals surface area (Å²) in [4.78, 5) is 15.5. The molecule has 4 nitrogen and oxygen atoms in total. The SMILES string of the molecule is Cc1nc(CNC(=O)CCl)c2ccccn12.Cl. The molecular weight excluding hydrogens is 261 g/mol. The molecule has 1 amide bonds. The molecule has 2 rings (SSSR count). The van der Waals surface area contributed by atoms with Crippen molar-refractivity contribution in [3.05, 3.63) is 35.9 Å². The molecule has 0 aliphatic heterocycles. The first kappa shape index (κ1) is 13.8. The summed E-state index contributed by atoms with van der Waals surface area (Å²) < 4.78 is 1.99. The highest BCUT2D eigenvalue weighted by Crippen LogP contribution is 2.11. The number of rotatable bonds is 3. The zero-order chi connectivity index (χ0) is 11.5. The van der Waals surface area contributed by atoms with Crippen LogP contribution in [0.3, 0.4) is 0 Å². The number of aryl methyl sites for hydroxylation is 1. The fourth-order valence-electron chi connectivity index (χ4n) is 1.63. The molecule has 2 aromatic heterocycles. The smallest absolute Gasteiger partial charge is 0.235 e. The van der Waals surface area contributed by atoms with E-state index >= 15 is 0 Å². The van der Waals surface area contributed by atoms with Crippen molar-refractivity contribution in [2.75, 3.05) is 5.88 Å². The third-order valence-corrected chi connectivity index (χ3v) is 2.62. The molecule has 0 spiro atoms. The van der Waals surface area contributed by atoms with Crippen LogP contribution in [0.1, 0.15) is 11.5 Å². The number of halogens is 2. The highest BCUT2D eigenvalue weighted by molar-refractivity contribution is 6.27. The molecule has 92 valence electrons. The van der Waals surface area contributed by atoms with Crippen molar-refractivity contribution < 1.29 is 4.79 Å². The number of hydrogen-bond acceptors (Lipinski definition) is 2. The number of imidazole rings is 1. The van der Waals surface area contributed by atoms with Gasteiger partial charge in [-0.2, -0.15) is 0 Å². The van der Waals surface area contributed by atoms with E-state index in [-0.39, 0.29) is 24.2 Å². The van der Waals surface area contributed by atoms with E-state index in [0.29, 0.717) is 6.54 Å². The van der Waals surface area contributed by atoms with Crippen molar-refractivity contribution in [3.63, 3.8) is 0 Å². The Morgan fingerprint density at radius 2 is 2.29 bits per heavy atom. The van der Waals surface area contributed by atoms with Gasteiger partial charge in [-0.25, -0.2) is 4.98 Å². The quantitative estimate of drug-likeness (QED) is 0.869. The third kappa shape index (κ3) is 2.90. The molecule has 0 saturated heterocycles. The Morgan fingerprint density at radius 1 is 1.53 bits per heavy atom. The van der Waals surface area contributed by atoms with Gasteiger partial charge in [0.05, 0.1) is 17.8 Å². The van der Waals surface area contributed by atoms with Gasteiger partial charge in [0.2, 0.25) is 5.91 Å². The summed E-state index contributed by atoms with van der Waals surface area (Å²) in [5.41, 5.74) is 1.87. The lowest BCUT2D eigenvalue weighted by atomic mass is 10.3. The molecule has 0 radical (unpaired) electrons. The number of nitrogens with zero attached hydrogens (tertiary/aromatic N) is 2.